The van der Waals surface area contributed by atoms with Crippen LogP contribution in [0.5, 0.6) is 0 Å². The van der Waals surface area contributed by atoms with Crippen molar-refractivity contribution in [1.29, 1.82) is 0 Å². The molecule has 0 unspecified atom stereocenters. The van der Waals surface area contributed by atoms with Gasteiger partial charge in [-0.15, -0.1) is 0 Å². The first-order valence-electron chi connectivity index (χ1n) is 4.63. The van der Waals surface area contributed by atoms with Gasteiger partial charge in [0.15, 0.2) is 5.82 Å². The number of carbonyl (C=O) groups excluding carboxylic acids is 1. The number of carbonyl (C=O) groups is 1. The lowest BCUT2D eigenvalue weighted by Crippen LogP contribution is -2.15. The molecule has 1 amide bonds. The summed E-state index contributed by atoms with van der Waals surface area (Å²) < 4.78 is 0.742. The van der Waals surface area contributed by atoms with Gasteiger partial charge in [0.05, 0.1) is 5.56 Å². The van der Waals surface area contributed by atoms with E-state index in [4.69, 9.17) is 11.5 Å². The average Bonchev–Trinajstić information content (AvgIpc) is 2.29. The maximum absolute atomic E-state index is 11.0. The molecule has 0 saturated carbocycles. The van der Waals surface area contributed by atoms with Crippen molar-refractivity contribution in [2.45, 2.75) is 0 Å². The zero-order valence-corrected chi connectivity index (χ0v) is 10.2. The van der Waals surface area contributed by atoms with E-state index >= 15 is 0 Å². The number of amides is 1. The van der Waals surface area contributed by atoms with Gasteiger partial charge in [0, 0.05) is 16.9 Å². The molecule has 0 saturated heterocycles. The zero-order valence-electron chi connectivity index (χ0n) is 8.59. The van der Waals surface area contributed by atoms with Crippen LogP contribution in [-0.4, -0.2) is 20.9 Å². The number of hydrogen-bond acceptors (Lipinski definition) is 5. The lowest BCUT2D eigenvalue weighted by molar-refractivity contribution is 0.100. The molecule has 0 spiro atoms. The van der Waals surface area contributed by atoms with Crippen molar-refractivity contribution in [2.75, 3.05) is 5.73 Å². The molecule has 0 fully saturated rings. The Morgan fingerprint density at radius 3 is 2.71 bits per heavy atom. The molecule has 0 aliphatic rings. The van der Waals surface area contributed by atoms with Gasteiger partial charge in [-0.1, -0.05) is 0 Å². The number of pyridine rings is 1. The van der Waals surface area contributed by atoms with Crippen LogP contribution in [-0.2, 0) is 0 Å². The summed E-state index contributed by atoms with van der Waals surface area (Å²) in [6.45, 7) is 0. The van der Waals surface area contributed by atoms with Crippen LogP contribution >= 0.6 is 15.9 Å². The molecule has 7 heteroatoms. The van der Waals surface area contributed by atoms with Gasteiger partial charge in [0.25, 0.3) is 5.91 Å². The smallest absolute Gasteiger partial charge is 0.254 e. The first-order chi connectivity index (χ1) is 8.09. The van der Waals surface area contributed by atoms with Gasteiger partial charge < -0.3 is 11.5 Å². The monoisotopic (exact) mass is 293 g/mol. The molecule has 0 bridgehead atoms. The van der Waals surface area contributed by atoms with Crippen molar-refractivity contribution in [1.82, 2.24) is 15.0 Å². The second-order valence-corrected chi connectivity index (χ2v) is 4.04. The Bertz CT molecular complexity index is 587. The number of primary amides is 1. The molecular formula is C10H8BrN5O. The fraction of sp³-hybridized carbons (Fsp3) is 0. The van der Waals surface area contributed by atoms with Gasteiger partial charge in [-0.2, -0.15) is 0 Å². The number of anilines is 1. The van der Waals surface area contributed by atoms with Gasteiger partial charge in [0.2, 0.25) is 0 Å². The number of hydrogen-bond donors (Lipinski definition) is 2. The molecule has 2 heterocycles. The van der Waals surface area contributed by atoms with E-state index in [-0.39, 0.29) is 11.4 Å². The second-order valence-electron chi connectivity index (χ2n) is 3.19. The van der Waals surface area contributed by atoms with E-state index in [1.165, 1.54) is 6.20 Å². The number of aromatic nitrogens is 3. The van der Waals surface area contributed by atoms with Crippen LogP contribution < -0.4 is 11.5 Å². The van der Waals surface area contributed by atoms with Crippen LogP contribution in [0.25, 0.3) is 11.5 Å². The summed E-state index contributed by atoms with van der Waals surface area (Å²) in [7, 11) is 0. The predicted octanol–water partition coefficient (Wildman–Crippen LogP) is 0.982. The number of nitrogens with zero attached hydrogens (tertiary/aromatic N) is 3. The molecule has 0 radical (unpaired) electrons. The van der Waals surface area contributed by atoms with Crippen LogP contribution in [0.3, 0.4) is 0 Å². The topological polar surface area (TPSA) is 108 Å². The summed E-state index contributed by atoms with van der Waals surface area (Å²) in [5, 5.41) is 0. The molecule has 4 N–H and O–H groups in total. The number of halogens is 1. The highest BCUT2D eigenvalue weighted by molar-refractivity contribution is 9.10. The molecule has 86 valence electrons. The molecule has 0 aromatic carbocycles. The highest BCUT2D eigenvalue weighted by Gasteiger charge is 2.12. The van der Waals surface area contributed by atoms with Crippen molar-refractivity contribution < 1.29 is 4.79 Å². The van der Waals surface area contributed by atoms with Crippen molar-refractivity contribution >= 4 is 27.7 Å². The van der Waals surface area contributed by atoms with E-state index in [1.54, 1.807) is 12.3 Å². The zero-order chi connectivity index (χ0) is 12.4. The molecule has 17 heavy (non-hydrogen) atoms. The Hall–Kier alpha value is -2.02. The first kappa shape index (κ1) is 11.5. The summed E-state index contributed by atoms with van der Waals surface area (Å²) in [6, 6.07) is 3.58. The van der Waals surface area contributed by atoms with Gasteiger partial charge in [0.1, 0.15) is 11.5 Å². The normalized spacial score (nSPS) is 10.2. The lowest BCUT2D eigenvalue weighted by Gasteiger charge is -2.04. The van der Waals surface area contributed by atoms with Gasteiger partial charge in [-0.25, -0.2) is 9.97 Å². The molecule has 0 aliphatic carbocycles. The van der Waals surface area contributed by atoms with Gasteiger partial charge in [-0.05, 0) is 28.1 Å². The van der Waals surface area contributed by atoms with E-state index in [1.807, 2.05) is 6.07 Å². The van der Waals surface area contributed by atoms with E-state index in [0.29, 0.717) is 11.5 Å². The Labute approximate surface area is 105 Å². The maximum atomic E-state index is 11.0. The lowest BCUT2D eigenvalue weighted by atomic mass is 10.3. The Morgan fingerprint density at radius 1 is 1.35 bits per heavy atom. The molecule has 6 nitrogen and oxygen atoms in total. The van der Waals surface area contributed by atoms with Gasteiger partial charge >= 0.3 is 0 Å². The largest absolute Gasteiger partial charge is 0.383 e. The fourth-order valence-electron chi connectivity index (χ4n) is 1.25. The van der Waals surface area contributed by atoms with Crippen LogP contribution in [0.4, 0.5) is 5.82 Å². The van der Waals surface area contributed by atoms with Crippen molar-refractivity contribution in [2.24, 2.45) is 5.73 Å². The molecule has 0 atom stereocenters. The Balaban J connectivity index is 2.52. The van der Waals surface area contributed by atoms with Crippen LogP contribution in [0.15, 0.2) is 29.0 Å². The molecule has 0 aliphatic heterocycles. The third kappa shape index (κ3) is 2.23. The van der Waals surface area contributed by atoms with Crippen molar-refractivity contribution in [3.05, 3.63) is 34.6 Å². The maximum Gasteiger partial charge on any atom is 0.254 e. The van der Waals surface area contributed by atoms with Crippen molar-refractivity contribution in [3.8, 4) is 11.5 Å². The quantitative estimate of drug-likeness (QED) is 0.858. The fourth-order valence-corrected chi connectivity index (χ4v) is 1.68. The predicted molar refractivity (Wildman–Crippen MR) is 65.9 cm³/mol. The minimum Gasteiger partial charge on any atom is -0.383 e. The van der Waals surface area contributed by atoms with Crippen LogP contribution in [0.1, 0.15) is 10.4 Å². The van der Waals surface area contributed by atoms with Crippen LogP contribution in [0, 0.1) is 0 Å². The number of rotatable bonds is 2. The summed E-state index contributed by atoms with van der Waals surface area (Å²) in [5.74, 6) is -0.283. The first-order valence-corrected chi connectivity index (χ1v) is 5.42. The van der Waals surface area contributed by atoms with Crippen LogP contribution in [0.2, 0.25) is 0 Å². The van der Waals surface area contributed by atoms with E-state index in [2.05, 4.69) is 30.9 Å². The number of nitrogen functional groups attached to an aromatic ring is 1. The van der Waals surface area contributed by atoms with E-state index in [0.717, 1.165) is 4.47 Å². The number of nitrogens with two attached hydrogens (primary N) is 2. The highest BCUT2D eigenvalue weighted by atomic mass is 79.9. The van der Waals surface area contributed by atoms with Gasteiger partial charge in [-0.3, -0.25) is 9.78 Å². The Morgan fingerprint density at radius 2 is 2.12 bits per heavy atom. The summed E-state index contributed by atoms with van der Waals surface area (Å²) in [4.78, 5) is 23.1. The molecule has 2 rings (SSSR count). The summed E-state index contributed by atoms with van der Waals surface area (Å²) in [5.41, 5.74) is 11.4. The van der Waals surface area contributed by atoms with E-state index in [9.17, 15) is 4.79 Å². The molecule has 2 aromatic heterocycles. The molecule has 2 aromatic rings. The van der Waals surface area contributed by atoms with Crippen molar-refractivity contribution in [3.63, 3.8) is 0 Å². The second kappa shape index (κ2) is 4.46. The standard InChI is InChI=1S/C10H8BrN5O/c11-6-2-1-3-14-7(6)10-15-4-5(9(13)17)8(12)16-10/h1-4H,(H2,13,17)(H2,12,15,16). The third-order valence-corrected chi connectivity index (χ3v) is 2.69. The van der Waals surface area contributed by atoms with E-state index < -0.39 is 5.91 Å². The summed E-state index contributed by atoms with van der Waals surface area (Å²) in [6.07, 6.45) is 2.91. The highest BCUT2D eigenvalue weighted by Crippen LogP contribution is 2.23. The third-order valence-electron chi connectivity index (χ3n) is 2.05. The molecular weight excluding hydrogens is 286 g/mol. The SMILES string of the molecule is NC(=O)c1cnc(-c2ncccc2Br)nc1N. The Kier molecular flexibility index (Phi) is 3.01. The average molecular weight is 294 g/mol. The minimum absolute atomic E-state index is 0.0417. The summed E-state index contributed by atoms with van der Waals surface area (Å²) >= 11 is 3.33. The minimum atomic E-state index is -0.658.